The number of nitrogens with one attached hydrogen (secondary N) is 2. The molecule has 1 aromatic rings. The van der Waals surface area contributed by atoms with Crippen LogP contribution in [0.2, 0.25) is 0 Å². The highest BCUT2D eigenvalue weighted by Gasteiger charge is 2.18. The lowest BCUT2D eigenvalue weighted by molar-refractivity contribution is -0.123. The van der Waals surface area contributed by atoms with E-state index in [0.717, 1.165) is 5.69 Å². The van der Waals surface area contributed by atoms with E-state index >= 15 is 0 Å². The van der Waals surface area contributed by atoms with E-state index in [4.69, 9.17) is 5.73 Å². The van der Waals surface area contributed by atoms with Crippen LogP contribution in [0.4, 0.5) is 0 Å². The molecule has 13 heavy (non-hydrogen) atoms. The van der Waals surface area contributed by atoms with Gasteiger partial charge in [-0.05, 0) is 0 Å². The van der Waals surface area contributed by atoms with Crippen LogP contribution in [0.15, 0.2) is 12.5 Å². The Morgan fingerprint density at radius 2 is 2.38 bits per heavy atom. The summed E-state index contributed by atoms with van der Waals surface area (Å²) >= 11 is 0. The van der Waals surface area contributed by atoms with Gasteiger partial charge < -0.3 is 4.98 Å². The summed E-state index contributed by atoms with van der Waals surface area (Å²) < 4.78 is 0. The van der Waals surface area contributed by atoms with Crippen LogP contribution >= 0.6 is 0 Å². The number of rotatable bonds is 4. The number of hydrogen-bond acceptors (Lipinski definition) is 2. The Morgan fingerprint density at radius 1 is 1.69 bits per heavy atom. The predicted octanol–water partition coefficient (Wildman–Crippen LogP) is 0.829. The Kier molecular flexibility index (Phi) is 3.19. The normalized spacial score (nSPS) is 13.2. The van der Waals surface area contributed by atoms with Crippen LogP contribution in [-0.2, 0) is 11.2 Å². The molecule has 0 spiro atoms. The lowest BCUT2D eigenvalue weighted by Crippen LogP contribution is -2.28. The molecule has 0 saturated heterocycles. The molecule has 0 unspecified atom stereocenters. The first-order chi connectivity index (χ1) is 6.11. The average molecular weight is 180 g/mol. The molecule has 0 fully saturated rings. The molecule has 4 heteroatoms. The Labute approximate surface area is 77.6 Å². The zero-order valence-corrected chi connectivity index (χ0v) is 7.87. The summed E-state index contributed by atoms with van der Waals surface area (Å²) in [6, 6.07) is -0.666. The highest BCUT2D eigenvalue weighted by molar-refractivity contribution is 5.85. The third kappa shape index (κ3) is 2.66. The van der Waals surface area contributed by atoms with E-state index in [1.807, 2.05) is 13.8 Å². The quantitative estimate of drug-likeness (QED) is 0.745. The van der Waals surface area contributed by atoms with Crippen molar-refractivity contribution in [2.75, 3.05) is 0 Å². The van der Waals surface area contributed by atoms with Crippen molar-refractivity contribution in [3.05, 3.63) is 18.2 Å². The van der Waals surface area contributed by atoms with Gasteiger partial charge in [0.1, 0.15) is 0 Å². The van der Waals surface area contributed by atoms with Crippen LogP contribution in [0.1, 0.15) is 19.5 Å². The highest BCUT2D eigenvalue weighted by Crippen LogP contribution is 2.04. The molecule has 0 aromatic carbocycles. The zero-order valence-electron chi connectivity index (χ0n) is 7.87. The topological polar surface area (TPSA) is 69.6 Å². The van der Waals surface area contributed by atoms with Gasteiger partial charge in [-0.1, -0.05) is 13.8 Å². The molecule has 4 nitrogen and oxygen atoms in total. The van der Waals surface area contributed by atoms with Crippen molar-refractivity contribution >= 4 is 5.78 Å². The molecule has 0 amide bonds. The smallest absolute Gasteiger partial charge is 0.154 e. The van der Waals surface area contributed by atoms with E-state index < -0.39 is 6.04 Å². The third-order valence-electron chi connectivity index (χ3n) is 1.89. The molecule has 71 valence electrons. The van der Waals surface area contributed by atoms with Gasteiger partial charge in [-0.3, -0.25) is 4.79 Å². The van der Waals surface area contributed by atoms with Gasteiger partial charge in [0.05, 0.1) is 12.4 Å². The number of imidazole rings is 1. The molecule has 1 radical (unpaired) electrons. The fourth-order valence-corrected chi connectivity index (χ4v) is 1.12. The highest BCUT2D eigenvalue weighted by atomic mass is 16.1. The van der Waals surface area contributed by atoms with Crippen LogP contribution in [0.3, 0.4) is 0 Å². The lowest BCUT2D eigenvalue weighted by atomic mass is 9.99. The molecule has 0 aliphatic heterocycles. The number of hydrogen-bond donors (Lipinski definition) is 1. The van der Waals surface area contributed by atoms with Gasteiger partial charge >= 0.3 is 0 Å². The summed E-state index contributed by atoms with van der Waals surface area (Å²) in [5.74, 6) is -0.0833. The first kappa shape index (κ1) is 9.92. The number of H-pyrrole nitrogens is 1. The molecule has 0 bridgehead atoms. The van der Waals surface area contributed by atoms with Gasteiger partial charge in [0.25, 0.3) is 0 Å². The molecule has 0 aliphatic carbocycles. The van der Waals surface area contributed by atoms with Crippen LogP contribution < -0.4 is 5.73 Å². The Hall–Kier alpha value is -1.16. The van der Waals surface area contributed by atoms with E-state index in [-0.39, 0.29) is 11.7 Å². The number of aromatic nitrogens is 2. The number of nitrogens with zero attached hydrogens (tertiary/aromatic N) is 1. The van der Waals surface area contributed by atoms with Gasteiger partial charge in [-0.2, -0.15) is 0 Å². The van der Waals surface area contributed by atoms with E-state index in [2.05, 4.69) is 9.97 Å². The van der Waals surface area contributed by atoms with Gasteiger partial charge in [0.15, 0.2) is 5.78 Å². The Balaban J connectivity index is 2.51. The maximum Gasteiger partial charge on any atom is 0.154 e. The lowest BCUT2D eigenvalue weighted by Gasteiger charge is -2.10. The van der Waals surface area contributed by atoms with Crippen LogP contribution in [0.25, 0.3) is 0 Å². The number of Topliss-reactive ketones (excluding diaryl/α,β-unsaturated/α-hetero) is 1. The minimum atomic E-state index is -0.666. The largest absolute Gasteiger partial charge is 0.348 e. The maximum atomic E-state index is 11.3. The predicted molar refractivity (Wildman–Crippen MR) is 49.0 cm³/mol. The van der Waals surface area contributed by atoms with Crippen molar-refractivity contribution < 1.29 is 4.79 Å². The minimum absolute atomic E-state index is 0.0189. The summed E-state index contributed by atoms with van der Waals surface area (Å²) in [4.78, 5) is 18.1. The van der Waals surface area contributed by atoms with Crippen molar-refractivity contribution in [3.63, 3.8) is 0 Å². The monoisotopic (exact) mass is 180 g/mol. The first-order valence-corrected chi connectivity index (χ1v) is 4.33. The number of ketones is 1. The molecule has 1 heterocycles. The van der Waals surface area contributed by atoms with E-state index in [1.54, 1.807) is 12.5 Å². The Bertz CT molecular complexity index is 266. The van der Waals surface area contributed by atoms with E-state index in [0.29, 0.717) is 6.42 Å². The summed E-state index contributed by atoms with van der Waals surface area (Å²) in [5.41, 5.74) is 8.43. The standard InChI is InChI=1S/C9H14N3O/c1-6(2)9(13)8(10)3-7-4-11-5-12-7/h4-6,8,10H,3H2,1-2H3,(H,11,12)/t8-/m0/s1. The summed E-state index contributed by atoms with van der Waals surface area (Å²) in [6.07, 6.45) is 3.63. The zero-order chi connectivity index (χ0) is 9.84. The molecule has 2 N–H and O–H groups in total. The molecule has 0 aliphatic rings. The van der Waals surface area contributed by atoms with Gasteiger partial charge in [-0.25, -0.2) is 10.7 Å². The van der Waals surface area contributed by atoms with Crippen LogP contribution in [0.5, 0.6) is 0 Å². The molecular weight excluding hydrogens is 166 g/mol. The van der Waals surface area contributed by atoms with Gasteiger partial charge in [0.2, 0.25) is 0 Å². The summed E-state index contributed by atoms with van der Waals surface area (Å²) in [5, 5.41) is 0. The van der Waals surface area contributed by atoms with Gasteiger partial charge in [0, 0.05) is 24.2 Å². The summed E-state index contributed by atoms with van der Waals surface area (Å²) in [7, 11) is 0. The minimum Gasteiger partial charge on any atom is -0.348 e. The van der Waals surface area contributed by atoms with Crippen LogP contribution in [0, 0.1) is 5.92 Å². The third-order valence-corrected chi connectivity index (χ3v) is 1.89. The van der Waals surface area contributed by atoms with Crippen molar-refractivity contribution in [2.45, 2.75) is 26.3 Å². The van der Waals surface area contributed by atoms with Crippen molar-refractivity contribution in [3.8, 4) is 0 Å². The number of aromatic amines is 1. The molecule has 1 rings (SSSR count). The fourth-order valence-electron chi connectivity index (χ4n) is 1.12. The van der Waals surface area contributed by atoms with Crippen molar-refractivity contribution in [2.24, 2.45) is 5.92 Å². The van der Waals surface area contributed by atoms with Crippen molar-refractivity contribution in [1.82, 2.24) is 15.7 Å². The van der Waals surface area contributed by atoms with Gasteiger partial charge in [-0.15, -0.1) is 0 Å². The van der Waals surface area contributed by atoms with E-state index in [1.165, 1.54) is 0 Å². The number of carbonyl (C=O) groups excluding carboxylic acids is 1. The SMILES string of the molecule is CC(C)C(=O)[C@@H]([NH])Cc1cnc[nH]1. The second-order valence-electron chi connectivity index (χ2n) is 3.39. The first-order valence-electron chi connectivity index (χ1n) is 4.33. The Morgan fingerprint density at radius 3 is 2.85 bits per heavy atom. The number of carbonyl (C=O) groups is 1. The maximum absolute atomic E-state index is 11.3. The molecule has 0 saturated carbocycles. The van der Waals surface area contributed by atoms with Crippen LogP contribution in [-0.4, -0.2) is 21.8 Å². The summed E-state index contributed by atoms with van der Waals surface area (Å²) in [6.45, 7) is 3.63. The average Bonchev–Trinajstić information content (AvgIpc) is 2.55. The fraction of sp³-hybridized carbons (Fsp3) is 0.556. The molecule has 1 atom stereocenters. The second kappa shape index (κ2) is 4.18. The van der Waals surface area contributed by atoms with E-state index in [9.17, 15) is 4.79 Å². The van der Waals surface area contributed by atoms with Crippen molar-refractivity contribution in [1.29, 1.82) is 0 Å². The second-order valence-corrected chi connectivity index (χ2v) is 3.39. The molecule has 1 aromatic heterocycles. The molecular formula is C9H14N3O.